The fourth-order valence-corrected chi connectivity index (χ4v) is 2.03. The Hall–Kier alpha value is -3.42. The molecule has 8 heteroatoms. The van der Waals surface area contributed by atoms with E-state index in [4.69, 9.17) is 4.52 Å². The lowest BCUT2D eigenvalue weighted by Crippen LogP contribution is -1.94. The molecule has 0 aliphatic rings. The van der Waals surface area contributed by atoms with E-state index in [9.17, 15) is 4.39 Å². The second-order valence-electron chi connectivity index (χ2n) is 4.68. The molecule has 0 spiro atoms. The van der Waals surface area contributed by atoms with Gasteiger partial charge in [0.25, 0.3) is 5.89 Å². The monoisotopic (exact) mass is 308 g/mol. The van der Waals surface area contributed by atoms with Crippen LogP contribution in [0.2, 0.25) is 0 Å². The normalized spacial score (nSPS) is 10.8. The molecule has 7 nitrogen and oxygen atoms in total. The van der Waals surface area contributed by atoms with Gasteiger partial charge in [-0.3, -0.25) is 4.98 Å². The largest absolute Gasteiger partial charge is 0.334 e. The fraction of sp³-hybridized carbons (Fsp3) is 0. The van der Waals surface area contributed by atoms with Crippen LogP contribution in [0.15, 0.2) is 59.5 Å². The van der Waals surface area contributed by atoms with Crippen LogP contribution in [0.3, 0.4) is 0 Å². The number of hydrogen-bond acceptors (Lipinski definition) is 6. The van der Waals surface area contributed by atoms with E-state index in [1.54, 1.807) is 42.9 Å². The summed E-state index contributed by atoms with van der Waals surface area (Å²) >= 11 is 0. The van der Waals surface area contributed by atoms with Crippen molar-refractivity contribution in [2.75, 3.05) is 0 Å². The molecule has 4 aromatic rings. The Morgan fingerprint density at radius 1 is 1.00 bits per heavy atom. The molecule has 3 aromatic heterocycles. The summed E-state index contributed by atoms with van der Waals surface area (Å²) in [4.78, 5) is 8.23. The lowest BCUT2D eigenvalue weighted by Gasteiger charge is -1.97. The third kappa shape index (κ3) is 2.57. The van der Waals surface area contributed by atoms with Crippen molar-refractivity contribution in [2.45, 2.75) is 0 Å². The second-order valence-corrected chi connectivity index (χ2v) is 4.68. The van der Waals surface area contributed by atoms with Crippen LogP contribution in [0.4, 0.5) is 4.39 Å². The molecule has 23 heavy (non-hydrogen) atoms. The van der Waals surface area contributed by atoms with E-state index in [0.29, 0.717) is 23.1 Å². The Bertz CT molecular complexity index is 932. The van der Waals surface area contributed by atoms with Gasteiger partial charge in [0.15, 0.2) is 5.69 Å². The molecule has 0 aliphatic heterocycles. The van der Waals surface area contributed by atoms with Crippen molar-refractivity contribution in [3.05, 3.63) is 60.8 Å². The Balaban J connectivity index is 1.65. The minimum absolute atomic E-state index is 0.311. The highest BCUT2D eigenvalue weighted by Gasteiger charge is 2.14. The lowest BCUT2D eigenvalue weighted by molar-refractivity contribution is 0.432. The molecule has 3 heterocycles. The molecular weight excluding hydrogens is 299 g/mol. The number of rotatable bonds is 3. The fourth-order valence-electron chi connectivity index (χ4n) is 2.03. The van der Waals surface area contributed by atoms with Crippen LogP contribution in [0, 0.1) is 5.82 Å². The summed E-state index contributed by atoms with van der Waals surface area (Å²) in [6.45, 7) is 0. The zero-order chi connectivity index (χ0) is 15.6. The lowest BCUT2D eigenvalue weighted by atomic mass is 10.3. The Morgan fingerprint density at radius 2 is 1.78 bits per heavy atom. The number of nitrogens with zero attached hydrogens (tertiary/aromatic N) is 6. The van der Waals surface area contributed by atoms with E-state index in [0.717, 1.165) is 5.56 Å². The maximum atomic E-state index is 13.0. The minimum Gasteiger partial charge on any atom is -0.334 e. The third-order valence-corrected chi connectivity index (χ3v) is 3.17. The molecular formula is C15H9FN6O. The van der Waals surface area contributed by atoms with Gasteiger partial charge in [0.05, 0.1) is 11.9 Å². The highest BCUT2D eigenvalue weighted by Crippen LogP contribution is 2.20. The number of hydrogen-bond donors (Lipinski definition) is 0. The number of benzene rings is 1. The van der Waals surface area contributed by atoms with Crippen molar-refractivity contribution >= 4 is 0 Å². The number of halogens is 1. The van der Waals surface area contributed by atoms with Crippen molar-refractivity contribution in [3.8, 4) is 28.7 Å². The van der Waals surface area contributed by atoms with Crippen molar-refractivity contribution in [1.82, 2.24) is 30.1 Å². The van der Waals surface area contributed by atoms with Gasteiger partial charge in [0.2, 0.25) is 5.82 Å². The van der Waals surface area contributed by atoms with E-state index in [1.165, 1.54) is 16.8 Å². The first kappa shape index (κ1) is 13.3. The maximum Gasteiger partial charge on any atom is 0.258 e. The van der Waals surface area contributed by atoms with Crippen LogP contribution >= 0.6 is 0 Å². The quantitative estimate of drug-likeness (QED) is 0.578. The molecule has 0 saturated carbocycles. The van der Waals surface area contributed by atoms with E-state index >= 15 is 0 Å². The van der Waals surface area contributed by atoms with Gasteiger partial charge in [-0.25, -0.2) is 9.07 Å². The molecule has 0 fully saturated rings. The Labute approximate surface area is 129 Å². The first-order valence-corrected chi connectivity index (χ1v) is 6.72. The van der Waals surface area contributed by atoms with E-state index in [2.05, 4.69) is 25.4 Å². The first-order valence-electron chi connectivity index (χ1n) is 6.72. The molecule has 0 radical (unpaired) electrons. The first-order chi connectivity index (χ1) is 11.3. The van der Waals surface area contributed by atoms with Crippen LogP contribution in [0.5, 0.6) is 0 Å². The summed E-state index contributed by atoms with van der Waals surface area (Å²) in [7, 11) is 0. The number of pyridine rings is 1. The van der Waals surface area contributed by atoms with Gasteiger partial charge in [0.1, 0.15) is 5.82 Å². The van der Waals surface area contributed by atoms with Crippen molar-refractivity contribution in [3.63, 3.8) is 0 Å². The van der Waals surface area contributed by atoms with Gasteiger partial charge >= 0.3 is 0 Å². The minimum atomic E-state index is -0.311. The van der Waals surface area contributed by atoms with Crippen molar-refractivity contribution in [1.29, 1.82) is 0 Å². The summed E-state index contributed by atoms with van der Waals surface area (Å²) in [5, 5.41) is 11.9. The zero-order valence-electron chi connectivity index (χ0n) is 11.7. The second kappa shape index (κ2) is 5.41. The van der Waals surface area contributed by atoms with Crippen molar-refractivity contribution in [2.24, 2.45) is 0 Å². The summed E-state index contributed by atoms with van der Waals surface area (Å²) < 4.78 is 19.7. The molecule has 112 valence electrons. The summed E-state index contributed by atoms with van der Waals surface area (Å²) in [5.41, 5.74) is 1.91. The molecule has 4 rings (SSSR count). The zero-order valence-corrected chi connectivity index (χ0v) is 11.7. The molecule has 0 unspecified atom stereocenters. The highest BCUT2D eigenvalue weighted by molar-refractivity contribution is 5.56. The van der Waals surface area contributed by atoms with E-state index in [1.807, 2.05) is 0 Å². The Kier molecular flexibility index (Phi) is 3.12. The van der Waals surface area contributed by atoms with Gasteiger partial charge in [-0.2, -0.15) is 4.98 Å². The third-order valence-electron chi connectivity index (χ3n) is 3.17. The van der Waals surface area contributed by atoms with E-state index in [-0.39, 0.29) is 5.82 Å². The molecule has 0 saturated heterocycles. The van der Waals surface area contributed by atoms with Gasteiger partial charge in [-0.15, -0.1) is 5.10 Å². The van der Waals surface area contributed by atoms with Crippen LogP contribution in [-0.2, 0) is 0 Å². The van der Waals surface area contributed by atoms with Gasteiger partial charge in [-0.05, 0) is 36.4 Å². The van der Waals surface area contributed by atoms with Crippen LogP contribution in [0.1, 0.15) is 0 Å². The average molecular weight is 308 g/mol. The molecule has 0 N–H and O–H groups in total. The molecule has 0 amide bonds. The summed E-state index contributed by atoms with van der Waals surface area (Å²) in [5.74, 6) is 0.387. The molecule has 1 aromatic carbocycles. The molecule has 0 aliphatic carbocycles. The molecule has 0 bridgehead atoms. The summed E-state index contributed by atoms with van der Waals surface area (Å²) in [6.07, 6.45) is 4.93. The maximum absolute atomic E-state index is 13.0. The SMILES string of the molecule is Fc1ccc(-n2cc(-c3noc(-c4ccncc4)n3)nn2)cc1. The van der Waals surface area contributed by atoms with Crippen LogP contribution in [0.25, 0.3) is 28.7 Å². The highest BCUT2D eigenvalue weighted by atomic mass is 19.1. The van der Waals surface area contributed by atoms with Gasteiger partial charge in [0, 0.05) is 18.0 Å². The van der Waals surface area contributed by atoms with Crippen LogP contribution < -0.4 is 0 Å². The van der Waals surface area contributed by atoms with Gasteiger partial charge in [-0.1, -0.05) is 10.4 Å². The van der Waals surface area contributed by atoms with E-state index < -0.39 is 0 Å². The topological polar surface area (TPSA) is 82.5 Å². The van der Waals surface area contributed by atoms with Gasteiger partial charge < -0.3 is 4.52 Å². The predicted octanol–water partition coefficient (Wildman–Crippen LogP) is 2.52. The van der Waals surface area contributed by atoms with Crippen molar-refractivity contribution < 1.29 is 8.91 Å². The average Bonchev–Trinajstić information content (AvgIpc) is 3.26. The summed E-state index contributed by atoms with van der Waals surface area (Å²) in [6, 6.07) is 9.46. The molecule has 0 atom stereocenters. The number of aromatic nitrogens is 6. The standard InChI is InChI=1S/C15H9FN6O/c16-11-1-3-12(4-2-11)22-9-13(19-21-22)14-18-15(23-20-14)10-5-7-17-8-6-10/h1-9H. The predicted molar refractivity (Wildman–Crippen MR) is 77.8 cm³/mol. The Morgan fingerprint density at radius 3 is 2.57 bits per heavy atom. The van der Waals surface area contributed by atoms with Crippen LogP contribution in [-0.4, -0.2) is 30.1 Å². The smallest absolute Gasteiger partial charge is 0.258 e.